The molecule has 0 aliphatic heterocycles. The van der Waals surface area contributed by atoms with Gasteiger partial charge in [-0.25, -0.2) is 18.7 Å². The number of imidazole rings is 1. The number of esters is 2. The Kier molecular flexibility index (Phi) is 25.4. The highest BCUT2D eigenvalue weighted by Gasteiger charge is 2.04. The van der Waals surface area contributed by atoms with Crippen molar-refractivity contribution in [3.8, 4) is 0 Å². The third kappa shape index (κ3) is 22.1. The number of carbonyl (C=O) groups excluding carboxylic acids is 2. The number of halogens is 1. The SMILES string of the molecule is C=CC(=O)OCCCCCCCCCCCn1cc[n+](CCCCCCCCCCCOC(=O)C=C)c1.[Br-]. The Morgan fingerprint density at radius 3 is 1.47 bits per heavy atom. The van der Waals surface area contributed by atoms with Gasteiger partial charge in [0.25, 0.3) is 0 Å². The van der Waals surface area contributed by atoms with Crippen molar-refractivity contribution in [2.75, 3.05) is 13.2 Å². The van der Waals surface area contributed by atoms with Crippen LogP contribution in [0.1, 0.15) is 116 Å². The standard InChI is InChI=1S/C31H53N2O4.BrH/c1-3-30(34)36-27-21-17-13-9-5-7-11-15-19-23-32-25-26-33(29-32)24-20-16-12-8-6-10-14-18-22-28-37-31(35)4-2;/h3-4,25-26,29H,1-2,5-24,27-28H2;1H/q+1;/p-1. The summed E-state index contributed by atoms with van der Waals surface area (Å²) in [5.41, 5.74) is 0. The van der Waals surface area contributed by atoms with E-state index < -0.39 is 0 Å². The van der Waals surface area contributed by atoms with Crippen LogP contribution < -0.4 is 21.5 Å². The Labute approximate surface area is 242 Å². The molecule has 0 atom stereocenters. The van der Waals surface area contributed by atoms with E-state index in [-0.39, 0.29) is 28.9 Å². The van der Waals surface area contributed by atoms with Gasteiger partial charge in [-0.1, -0.05) is 90.2 Å². The molecule has 0 saturated carbocycles. The van der Waals surface area contributed by atoms with Crippen LogP contribution in [0.25, 0.3) is 0 Å². The lowest BCUT2D eigenvalue weighted by molar-refractivity contribution is -0.696. The molecule has 1 aromatic rings. The molecule has 0 N–H and O–H groups in total. The van der Waals surface area contributed by atoms with E-state index in [1.807, 2.05) is 0 Å². The molecule has 6 nitrogen and oxygen atoms in total. The summed E-state index contributed by atoms with van der Waals surface area (Å²) in [5, 5.41) is 0. The number of rotatable bonds is 26. The molecule has 0 aliphatic rings. The summed E-state index contributed by atoms with van der Waals surface area (Å²) in [5.74, 6) is -0.633. The molecule has 218 valence electrons. The van der Waals surface area contributed by atoms with E-state index in [1.165, 1.54) is 102 Å². The first kappa shape index (κ1) is 36.1. The van der Waals surface area contributed by atoms with Gasteiger partial charge in [0.1, 0.15) is 12.4 Å². The van der Waals surface area contributed by atoms with Crippen molar-refractivity contribution >= 4 is 11.9 Å². The summed E-state index contributed by atoms with van der Waals surface area (Å²) >= 11 is 0. The molecular weight excluding hydrogens is 544 g/mol. The van der Waals surface area contributed by atoms with Crippen LogP contribution in [0.2, 0.25) is 0 Å². The van der Waals surface area contributed by atoms with Crippen molar-refractivity contribution in [3.05, 3.63) is 44.0 Å². The number of unbranched alkanes of at least 4 members (excludes halogenated alkanes) is 16. The number of aryl methyl sites for hydroxylation is 2. The fraction of sp³-hybridized carbons (Fsp3) is 0.710. The summed E-state index contributed by atoms with van der Waals surface area (Å²) in [4.78, 5) is 21.9. The molecule has 0 aromatic carbocycles. The molecule has 38 heavy (non-hydrogen) atoms. The normalized spacial score (nSPS) is 10.5. The topological polar surface area (TPSA) is 61.4 Å². The molecule has 0 spiro atoms. The van der Waals surface area contributed by atoms with Crippen LogP contribution >= 0.6 is 0 Å². The first-order valence-corrected chi connectivity index (χ1v) is 14.8. The van der Waals surface area contributed by atoms with E-state index in [0.29, 0.717) is 13.2 Å². The highest BCUT2D eigenvalue weighted by atomic mass is 79.9. The molecule has 1 heterocycles. The zero-order valence-corrected chi connectivity index (χ0v) is 25.3. The zero-order valence-electron chi connectivity index (χ0n) is 23.8. The van der Waals surface area contributed by atoms with E-state index in [9.17, 15) is 9.59 Å². The number of aromatic nitrogens is 2. The minimum atomic E-state index is -0.316. The maximum atomic E-state index is 10.9. The Morgan fingerprint density at radius 1 is 0.632 bits per heavy atom. The average Bonchev–Trinajstić information content (AvgIpc) is 3.36. The van der Waals surface area contributed by atoms with Gasteiger partial charge in [0.15, 0.2) is 0 Å². The summed E-state index contributed by atoms with van der Waals surface area (Å²) in [7, 11) is 0. The largest absolute Gasteiger partial charge is 1.00 e. The highest BCUT2D eigenvalue weighted by Crippen LogP contribution is 2.11. The lowest BCUT2D eigenvalue weighted by atomic mass is 10.1. The average molecular weight is 598 g/mol. The van der Waals surface area contributed by atoms with Gasteiger partial charge in [0.05, 0.1) is 26.3 Å². The lowest BCUT2D eigenvalue weighted by Crippen LogP contribution is -3.00. The van der Waals surface area contributed by atoms with Crippen LogP contribution in [0.5, 0.6) is 0 Å². The molecule has 0 unspecified atom stereocenters. The zero-order chi connectivity index (χ0) is 26.8. The van der Waals surface area contributed by atoms with Crippen LogP contribution in [0, 0.1) is 0 Å². The van der Waals surface area contributed by atoms with Gasteiger partial charge >= 0.3 is 11.9 Å². The van der Waals surface area contributed by atoms with Crippen LogP contribution in [-0.4, -0.2) is 29.7 Å². The van der Waals surface area contributed by atoms with Crippen LogP contribution in [0.15, 0.2) is 44.0 Å². The van der Waals surface area contributed by atoms with Crippen LogP contribution in [0.3, 0.4) is 0 Å². The maximum absolute atomic E-state index is 10.9. The summed E-state index contributed by atoms with van der Waals surface area (Å²) in [6, 6.07) is 0. The Balaban J connectivity index is 0.0000137. The van der Waals surface area contributed by atoms with Gasteiger partial charge in [-0.3, -0.25) is 0 Å². The lowest BCUT2D eigenvalue weighted by Gasteiger charge is -2.03. The second-order valence-corrected chi connectivity index (χ2v) is 10.00. The second-order valence-electron chi connectivity index (χ2n) is 10.00. The van der Waals surface area contributed by atoms with Crippen molar-refractivity contribution in [3.63, 3.8) is 0 Å². The first-order valence-electron chi connectivity index (χ1n) is 14.8. The molecule has 0 saturated heterocycles. The van der Waals surface area contributed by atoms with E-state index in [4.69, 9.17) is 9.47 Å². The molecule has 0 radical (unpaired) electrons. The van der Waals surface area contributed by atoms with Crippen molar-refractivity contribution in [2.24, 2.45) is 0 Å². The van der Waals surface area contributed by atoms with E-state index in [2.05, 4.69) is 41.0 Å². The fourth-order valence-electron chi connectivity index (χ4n) is 4.43. The third-order valence-corrected chi connectivity index (χ3v) is 6.69. The smallest absolute Gasteiger partial charge is 0.330 e. The molecule has 1 rings (SSSR count). The van der Waals surface area contributed by atoms with Crippen LogP contribution in [-0.2, 0) is 32.2 Å². The van der Waals surface area contributed by atoms with E-state index in [1.54, 1.807) is 0 Å². The first-order chi connectivity index (χ1) is 18.2. The molecule has 0 bridgehead atoms. The van der Waals surface area contributed by atoms with Crippen molar-refractivity contribution in [1.82, 2.24) is 4.57 Å². The number of hydrogen-bond donors (Lipinski definition) is 0. The summed E-state index contributed by atoms with van der Waals surface area (Å²) in [6.45, 7) is 10.1. The number of nitrogens with zero attached hydrogens (tertiary/aromatic N) is 2. The maximum Gasteiger partial charge on any atom is 0.330 e. The number of hydrogen-bond acceptors (Lipinski definition) is 4. The molecular formula is C31H53BrN2O4. The van der Waals surface area contributed by atoms with Crippen molar-refractivity contribution < 1.29 is 40.6 Å². The number of carbonyl (C=O) groups is 2. The summed E-state index contributed by atoms with van der Waals surface area (Å²) in [6.07, 6.45) is 31.4. The molecule has 1 aromatic heterocycles. The van der Waals surface area contributed by atoms with Gasteiger partial charge < -0.3 is 26.5 Å². The minimum absolute atomic E-state index is 0. The van der Waals surface area contributed by atoms with Gasteiger partial charge in [-0.05, 0) is 38.5 Å². The highest BCUT2D eigenvalue weighted by molar-refractivity contribution is 5.81. The fourth-order valence-corrected chi connectivity index (χ4v) is 4.43. The molecule has 0 aliphatic carbocycles. The predicted octanol–water partition coefficient (Wildman–Crippen LogP) is 4.26. The van der Waals surface area contributed by atoms with Gasteiger partial charge in [-0.2, -0.15) is 0 Å². The molecule has 0 amide bonds. The van der Waals surface area contributed by atoms with E-state index in [0.717, 1.165) is 38.8 Å². The predicted molar refractivity (Wildman–Crippen MR) is 150 cm³/mol. The van der Waals surface area contributed by atoms with Crippen molar-refractivity contribution in [2.45, 2.75) is 129 Å². The Morgan fingerprint density at radius 2 is 1.03 bits per heavy atom. The monoisotopic (exact) mass is 596 g/mol. The van der Waals surface area contributed by atoms with Crippen molar-refractivity contribution in [1.29, 1.82) is 0 Å². The van der Waals surface area contributed by atoms with E-state index >= 15 is 0 Å². The van der Waals surface area contributed by atoms with Gasteiger partial charge in [0, 0.05) is 12.2 Å². The Bertz CT molecular complexity index is 677. The van der Waals surface area contributed by atoms with Gasteiger partial charge in [-0.15, -0.1) is 0 Å². The Hall–Kier alpha value is -1.89. The molecule has 7 heteroatoms. The van der Waals surface area contributed by atoms with Gasteiger partial charge in [0.2, 0.25) is 6.33 Å². The third-order valence-electron chi connectivity index (χ3n) is 6.69. The molecule has 0 fully saturated rings. The quantitative estimate of drug-likeness (QED) is 0.0694. The second kappa shape index (κ2) is 26.7. The summed E-state index contributed by atoms with van der Waals surface area (Å²) < 4.78 is 14.6. The minimum Gasteiger partial charge on any atom is -1.00 e. The number of ether oxygens (including phenoxy) is 2. The van der Waals surface area contributed by atoms with Crippen LogP contribution in [0.4, 0.5) is 0 Å².